The van der Waals surface area contributed by atoms with Gasteiger partial charge in [-0.15, -0.1) is 17.0 Å². The second-order valence-corrected chi connectivity index (χ2v) is 7.53. The number of carbonyl (C=O) groups excluding carboxylic acids is 1. The molecule has 0 aliphatic carbocycles. The molecule has 1 fully saturated rings. The van der Waals surface area contributed by atoms with Crippen molar-refractivity contribution in [2.24, 2.45) is 0 Å². The number of benzene rings is 2. The lowest BCUT2D eigenvalue weighted by atomic mass is 10.0. The molecule has 3 rings (SSSR count). The molecule has 1 heterocycles. The molecule has 0 radical (unpaired) electrons. The molecule has 0 amide bonds. The second kappa shape index (κ2) is 10.2. The molecule has 1 aliphatic rings. The minimum absolute atomic E-state index is 0. The Kier molecular flexibility index (Phi) is 8.32. The van der Waals surface area contributed by atoms with Crippen LogP contribution in [0.1, 0.15) is 35.7 Å². The van der Waals surface area contributed by atoms with Crippen LogP contribution >= 0.6 is 32.9 Å². The van der Waals surface area contributed by atoms with Gasteiger partial charge in [-0.3, -0.25) is 4.79 Å². The van der Waals surface area contributed by atoms with Crippen molar-refractivity contribution in [3.05, 3.63) is 64.1 Å². The monoisotopic (exact) mass is 480 g/mol. The number of piperidine rings is 1. The first-order chi connectivity index (χ1) is 12.1. The Bertz CT molecular complexity index is 713. The van der Waals surface area contributed by atoms with Crippen molar-refractivity contribution >= 4 is 44.4 Å². The summed E-state index contributed by atoms with van der Waals surface area (Å²) in [4.78, 5) is 13.9. The lowest BCUT2D eigenvalue weighted by Gasteiger charge is -2.34. The number of Topliss-reactive ketones (excluding diaryl/α,β-unsaturated/α-hetero) is 1. The summed E-state index contributed by atoms with van der Waals surface area (Å²) >= 11 is 3.62. The molecule has 0 unspecified atom stereocenters. The minimum atomic E-state index is 0. The first-order valence-electron chi connectivity index (χ1n) is 8.96. The van der Waals surface area contributed by atoms with E-state index >= 15 is 0 Å². The zero-order valence-corrected chi connectivity index (χ0v) is 18.4. The molecular weight excluding hydrogens is 456 g/mol. The Hall–Kier alpha value is -1.17. The quantitative estimate of drug-likeness (QED) is 0.587. The van der Waals surface area contributed by atoms with Crippen LogP contribution in [0.25, 0.3) is 0 Å². The van der Waals surface area contributed by atoms with E-state index in [-0.39, 0.29) is 22.8 Å². The molecule has 0 aromatic heterocycles. The average Bonchev–Trinajstić information content (AvgIpc) is 2.63. The molecule has 1 saturated heterocycles. The van der Waals surface area contributed by atoms with Gasteiger partial charge in [0, 0.05) is 29.2 Å². The Balaban J connectivity index is 0.00000243. The van der Waals surface area contributed by atoms with E-state index in [1.807, 2.05) is 12.1 Å². The molecule has 1 N–H and O–H groups in total. The van der Waals surface area contributed by atoms with Gasteiger partial charge < -0.3 is 10.2 Å². The van der Waals surface area contributed by atoms with Crippen LogP contribution in [0.4, 0.5) is 5.69 Å². The van der Waals surface area contributed by atoms with Crippen molar-refractivity contribution in [1.29, 1.82) is 0 Å². The Labute approximate surface area is 175 Å². The summed E-state index contributed by atoms with van der Waals surface area (Å²) in [6.07, 6.45) is 3.38. The molecule has 3 nitrogen and oxygen atoms in total. The molecule has 0 saturated carbocycles. The van der Waals surface area contributed by atoms with Crippen molar-refractivity contribution in [2.75, 3.05) is 24.5 Å². The van der Waals surface area contributed by atoms with Gasteiger partial charge in [-0.2, -0.15) is 0 Å². The van der Waals surface area contributed by atoms with E-state index in [1.54, 1.807) is 6.92 Å². The number of rotatable bonds is 6. The number of hydrogen-bond donors (Lipinski definition) is 1. The van der Waals surface area contributed by atoms with E-state index < -0.39 is 0 Å². The molecular formula is C21H26Br2N2O. The molecule has 2 aromatic rings. The van der Waals surface area contributed by atoms with Crippen LogP contribution in [0.15, 0.2) is 53.0 Å². The zero-order chi connectivity index (χ0) is 17.6. The maximum atomic E-state index is 11.5. The van der Waals surface area contributed by atoms with Crippen LogP contribution in [0, 0.1) is 0 Å². The van der Waals surface area contributed by atoms with Gasteiger partial charge in [-0.1, -0.05) is 30.3 Å². The van der Waals surface area contributed by atoms with E-state index in [1.165, 1.54) is 11.3 Å². The Morgan fingerprint density at radius 2 is 1.85 bits per heavy atom. The number of anilines is 1. The third-order valence-corrected chi connectivity index (χ3v) is 5.51. The normalized spacial score (nSPS) is 14.8. The smallest absolute Gasteiger partial charge is 0.159 e. The Morgan fingerprint density at radius 1 is 1.15 bits per heavy atom. The number of ketones is 1. The first kappa shape index (κ1) is 21.1. The molecule has 5 heteroatoms. The summed E-state index contributed by atoms with van der Waals surface area (Å²) in [6.45, 7) is 4.72. The summed E-state index contributed by atoms with van der Waals surface area (Å²) in [6, 6.07) is 17.1. The third kappa shape index (κ3) is 5.66. The van der Waals surface area contributed by atoms with Gasteiger partial charge in [-0.25, -0.2) is 0 Å². The van der Waals surface area contributed by atoms with Gasteiger partial charge in [0.05, 0.1) is 5.69 Å². The highest BCUT2D eigenvalue weighted by Crippen LogP contribution is 2.29. The number of hydrogen-bond acceptors (Lipinski definition) is 3. The zero-order valence-electron chi connectivity index (χ0n) is 15.1. The number of carbonyl (C=O) groups is 1. The van der Waals surface area contributed by atoms with Crippen LogP contribution in [-0.4, -0.2) is 31.5 Å². The molecule has 26 heavy (non-hydrogen) atoms. The lowest BCUT2D eigenvalue weighted by molar-refractivity contribution is 0.101. The highest BCUT2D eigenvalue weighted by atomic mass is 79.9. The molecule has 0 bridgehead atoms. The fourth-order valence-corrected chi connectivity index (χ4v) is 4.00. The SMILES string of the molecule is Br.CC(=O)c1ccc(N2CCC(NCCc3ccccc3)CC2)c(Br)c1. The maximum absolute atomic E-state index is 11.5. The van der Waals surface area contributed by atoms with E-state index in [0.717, 1.165) is 48.9 Å². The van der Waals surface area contributed by atoms with Crippen molar-refractivity contribution < 1.29 is 4.79 Å². The predicted molar refractivity (Wildman–Crippen MR) is 118 cm³/mol. The molecule has 140 valence electrons. The Morgan fingerprint density at radius 3 is 2.46 bits per heavy atom. The van der Waals surface area contributed by atoms with Gasteiger partial charge in [0.2, 0.25) is 0 Å². The largest absolute Gasteiger partial charge is 0.371 e. The molecule has 2 aromatic carbocycles. The van der Waals surface area contributed by atoms with Gasteiger partial charge in [0.1, 0.15) is 0 Å². The third-order valence-electron chi connectivity index (χ3n) is 4.88. The standard InChI is InChI=1S/C21H25BrN2O.BrH/c1-16(25)18-7-8-21(20(22)15-18)24-13-10-19(11-14-24)23-12-9-17-5-3-2-4-6-17;/h2-8,15,19,23H,9-14H2,1H3;1H. The topological polar surface area (TPSA) is 32.3 Å². The summed E-state index contributed by atoms with van der Waals surface area (Å²) in [5.41, 5.74) is 3.34. The number of nitrogens with zero attached hydrogens (tertiary/aromatic N) is 1. The highest BCUT2D eigenvalue weighted by molar-refractivity contribution is 9.10. The summed E-state index contributed by atoms with van der Waals surface area (Å²) in [5.74, 6) is 0.105. The minimum Gasteiger partial charge on any atom is -0.371 e. The fraction of sp³-hybridized carbons (Fsp3) is 0.381. The van der Waals surface area contributed by atoms with Gasteiger partial charge in [0.25, 0.3) is 0 Å². The van der Waals surface area contributed by atoms with Crippen LogP contribution in [0.5, 0.6) is 0 Å². The van der Waals surface area contributed by atoms with E-state index in [4.69, 9.17) is 0 Å². The van der Waals surface area contributed by atoms with Crippen LogP contribution < -0.4 is 10.2 Å². The van der Waals surface area contributed by atoms with Gasteiger partial charge in [-0.05, 0) is 72.4 Å². The predicted octanol–water partition coefficient (Wildman–Crippen LogP) is 5.03. The van der Waals surface area contributed by atoms with Crippen LogP contribution in [-0.2, 0) is 6.42 Å². The average molecular weight is 482 g/mol. The lowest BCUT2D eigenvalue weighted by Crippen LogP contribution is -2.43. The fourth-order valence-electron chi connectivity index (χ4n) is 3.37. The molecule has 1 aliphatic heterocycles. The highest BCUT2D eigenvalue weighted by Gasteiger charge is 2.20. The molecule has 0 spiro atoms. The summed E-state index contributed by atoms with van der Waals surface area (Å²) < 4.78 is 1.01. The van der Waals surface area contributed by atoms with Crippen molar-refractivity contribution in [3.63, 3.8) is 0 Å². The van der Waals surface area contributed by atoms with Gasteiger partial charge >= 0.3 is 0 Å². The van der Waals surface area contributed by atoms with Crippen molar-refractivity contribution in [3.8, 4) is 0 Å². The first-order valence-corrected chi connectivity index (χ1v) is 9.75. The second-order valence-electron chi connectivity index (χ2n) is 6.67. The van der Waals surface area contributed by atoms with Crippen LogP contribution in [0.3, 0.4) is 0 Å². The van der Waals surface area contributed by atoms with Crippen molar-refractivity contribution in [1.82, 2.24) is 5.32 Å². The molecule has 0 atom stereocenters. The summed E-state index contributed by atoms with van der Waals surface area (Å²) in [7, 11) is 0. The maximum Gasteiger partial charge on any atom is 0.159 e. The van der Waals surface area contributed by atoms with E-state index in [2.05, 4.69) is 62.5 Å². The van der Waals surface area contributed by atoms with E-state index in [0.29, 0.717) is 6.04 Å². The van der Waals surface area contributed by atoms with E-state index in [9.17, 15) is 4.79 Å². The number of nitrogens with one attached hydrogen (secondary N) is 1. The summed E-state index contributed by atoms with van der Waals surface area (Å²) in [5, 5.41) is 3.70. The number of halogens is 2. The van der Waals surface area contributed by atoms with Gasteiger partial charge in [0.15, 0.2) is 5.78 Å². The van der Waals surface area contributed by atoms with Crippen molar-refractivity contribution in [2.45, 2.75) is 32.2 Å². The van der Waals surface area contributed by atoms with Crippen LogP contribution in [0.2, 0.25) is 0 Å².